The third kappa shape index (κ3) is 2.25. The van der Waals surface area contributed by atoms with Crippen molar-refractivity contribution in [2.45, 2.75) is 19.4 Å². The van der Waals surface area contributed by atoms with E-state index in [2.05, 4.69) is 4.99 Å². The van der Waals surface area contributed by atoms with Gasteiger partial charge in [-0.05, 0) is 13.0 Å². The Bertz CT molecular complexity index is 511. The van der Waals surface area contributed by atoms with Crippen molar-refractivity contribution in [2.24, 2.45) is 4.99 Å². The second-order valence-corrected chi connectivity index (χ2v) is 4.05. The summed E-state index contributed by atoms with van der Waals surface area (Å²) in [6.45, 7) is 2.45. The molecule has 0 radical (unpaired) electrons. The minimum Gasteiger partial charge on any atom is -0.481 e. The van der Waals surface area contributed by atoms with Crippen LogP contribution in [0.4, 0.5) is 5.69 Å². The average Bonchev–Trinajstić information content (AvgIpc) is 2.48. The van der Waals surface area contributed by atoms with E-state index in [0.29, 0.717) is 6.54 Å². The third-order valence-electron chi connectivity index (χ3n) is 2.95. The fourth-order valence-electron chi connectivity index (χ4n) is 2.13. The lowest BCUT2D eigenvalue weighted by atomic mass is 10.1. The highest BCUT2D eigenvalue weighted by molar-refractivity contribution is 6.03. The standard InChI is InChI=1S/C13H14N2O3/c1-2-15-10-6-4-3-5-9(10)8-14-13(18)11(15)7-12(16)17/h3-6,8,11H,2,7H2,1H3,(H,16,17). The van der Waals surface area contributed by atoms with E-state index in [1.165, 1.54) is 6.21 Å². The van der Waals surface area contributed by atoms with E-state index in [1.807, 2.05) is 31.2 Å². The number of carboxylic acid groups (broad SMARTS) is 1. The highest BCUT2D eigenvalue weighted by Crippen LogP contribution is 2.25. The maximum atomic E-state index is 11.9. The molecule has 0 fully saturated rings. The molecule has 0 aliphatic carbocycles. The molecule has 1 unspecified atom stereocenters. The van der Waals surface area contributed by atoms with Crippen LogP contribution in [0.5, 0.6) is 0 Å². The van der Waals surface area contributed by atoms with Crippen LogP contribution in [0.25, 0.3) is 0 Å². The molecule has 1 aromatic carbocycles. The molecule has 0 saturated carbocycles. The van der Waals surface area contributed by atoms with Gasteiger partial charge in [0.2, 0.25) is 0 Å². The van der Waals surface area contributed by atoms with E-state index in [0.717, 1.165) is 11.3 Å². The number of fused-ring (bicyclic) bond motifs is 1. The van der Waals surface area contributed by atoms with Crippen LogP contribution >= 0.6 is 0 Å². The summed E-state index contributed by atoms with van der Waals surface area (Å²) in [5.41, 5.74) is 1.68. The Morgan fingerprint density at radius 1 is 1.44 bits per heavy atom. The fraction of sp³-hybridized carbons (Fsp3) is 0.308. The van der Waals surface area contributed by atoms with Crippen LogP contribution in [-0.4, -0.2) is 35.8 Å². The second-order valence-electron chi connectivity index (χ2n) is 4.05. The average molecular weight is 246 g/mol. The number of nitrogens with zero attached hydrogens (tertiary/aromatic N) is 2. The number of rotatable bonds is 3. The molecular weight excluding hydrogens is 232 g/mol. The predicted molar refractivity (Wildman–Crippen MR) is 68.1 cm³/mol. The number of benzene rings is 1. The minimum absolute atomic E-state index is 0.238. The molecule has 1 N–H and O–H groups in total. The number of para-hydroxylation sites is 1. The molecule has 2 rings (SSSR count). The van der Waals surface area contributed by atoms with E-state index in [-0.39, 0.29) is 6.42 Å². The van der Waals surface area contributed by atoms with E-state index in [1.54, 1.807) is 4.90 Å². The number of hydrogen-bond donors (Lipinski definition) is 1. The quantitative estimate of drug-likeness (QED) is 0.873. The summed E-state index contributed by atoms with van der Waals surface area (Å²) in [5, 5.41) is 8.91. The number of likely N-dealkylation sites (N-methyl/N-ethyl adjacent to an activating group) is 1. The zero-order valence-corrected chi connectivity index (χ0v) is 10.0. The first-order valence-corrected chi connectivity index (χ1v) is 5.79. The lowest BCUT2D eigenvalue weighted by Crippen LogP contribution is -2.41. The SMILES string of the molecule is CCN1c2ccccc2C=NC(=O)C1CC(=O)O. The van der Waals surface area contributed by atoms with Gasteiger partial charge in [0.05, 0.1) is 6.42 Å². The number of carboxylic acids is 1. The van der Waals surface area contributed by atoms with Crippen LogP contribution in [0, 0.1) is 0 Å². The van der Waals surface area contributed by atoms with E-state index < -0.39 is 17.9 Å². The van der Waals surface area contributed by atoms with Gasteiger partial charge in [0, 0.05) is 24.0 Å². The highest BCUT2D eigenvalue weighted by atomic mass is 16.4. The molecule has 0 saturated heterocycles. The molecule has 1 aliphatic heterocycles. The first-order valence-electron chi connectivity index (χ1n) is 5.79. The molecule has 1 aliphatic rings. The van der Waals surface area contributed by atoms with Crippen LogP contribution in [0.3, 0.4) is 0 Å². The second kappa shape index (κ2) is 5.00. The number of aliphatic imine (C=N–C) groups is 1. The van der Waals surface area contributed by atoms with Crippen LogP contribution in [0.2, 0.25) is 0 Å². The summed E-state index contributed by atoms with van der Waals surface area (Å²) >= 11 is 0. The predicted octanol–water partition coefficient (Wildman–Crippen LogP) is 1.32. The van der Waals surface area contributed by atoms with Gasteiger partial charge in [-0.15, -0.1) is 0 Å². The Kier molecular flexibility index (Phi) is 3.41. The zero-order valence-electron chi connectivity index (χ0n) is 10.0. The smallest absolute Gasteiger partial charge is 0.305 e. The lowest BCUT2D eigenvalue weighted by molar-refractivity contribution is -0.139. The normalized spacial score (nSPS) is 18.4. The molecule has 5 nitrogen and oxygen atoms in total. The van der Waals surface area contributed by atoms with Gasteiger partial charge in [-0.3, -0.25) is 9.59 Å². The molecule has 5 heteroatoms. The number of amides is 1. The van der Waals surface area contributed by atoms with Gasteiger partial charge < -0.3 is 10.0 Å². The Morgan fingerprint density at radius 3 is 2.83 bits per heavy atom. The van der Waals surface area contributed by atoms with E-state index in [9.17, 15) is 9.59 Å². The van der Waals surface area contributed by atoms with Crippen LogP contribution in [0.15, 0.2) is 29.3 Å². The van der Waals surface area contributed by atoms with Gasteiger partial charge in [-0.25, -0.2) is 4.99 Å². The Morgan fingerprint density at radius 2 is 2.17 bits per heavy atom. The molecule has 18 heavy (non-hydrogen) atoms. The molecule has 1 heterocycles. The van der Waals surface area contributed by atoms with Crippen molar-refractivity contribution in [3.8, 4) is 0 Å². The van der Waals surface area contributed by atoms with Crippen LogP contribution < -0.4 is 4.90 Å². The van der Waals surface area contributed by atoms with Gasteiger partial charge in [0.1, 0.15) is 6.04 Å². The van der Waals surface area contributed by atoms with Crippen molar-refractivity contribution in [3.05, 3.63) is 29.8 Å². The number of carbonyl (C=O) groups is 2. The summed E-state index contributed by atoms with van der Waals surface area (Å²) < 4.78 is 0. The fourth-order valence-corrected chi connectivity index (χ4v) is 2.13. The van der Waals surface area contributed by atoms with Gasteiger partial charge in [-0.2, -0.15) is 0 Å². The summed E-state index contributed by atoms with van der Waals surface area (Å²) in [5.74, 6) is -1.41. The molecule has 1 atom stereocenters. The van der Waals surface area contributed by atoms with Crippen molar-refractivity contribution >= 4 is 23.8 Å². The van der Waals surface area contributed by atoms with E-state index in [4.69, 9.17) is 5.11 Å². The van der Waals surface area contributed by atoms with Crippen molar-refractivity contribution in [3.63, 3.8) is 0 Å². The summed E-state index contributed by atoms with van der Waals surface area (Å²) in [6.07, 6.45) is 1.26. The van der Waals surface area contributed by atoms with Crippen molar-refractivity contribution in [2.75, 3.05) is 11.4 Å². The lowest BCUT2D eigenvalue weighted by Gasteiger charge is -2.29. The van der Waals surface area contributed by atoms with Gasteiger partial charge in [0.15, 0.2) is 0 Å². The number of aliphatic carboxylic acids is 1. The molecule has 0 bridgehead atoms. The van der Waals surface area contributed by atoms with Gasteiger partial charge >= 0.3 is 5.97 Å². The molecular formula is C13H14N2O3. The topological polar surface area (TPSA) is 70.0 Å². The largest absolute Gasteiger partial charge is 0.481 e. The Labute approximate surface area is 105 Å². The number of anilines is 1. The monoisotopic (exact) mass is 246 g/mol. The highest BCUT2D eigenvalue weighted by Gasteiger charge is 2.30. The molecule has 0 aromatic heterocycles. The Balaban J connectivity index is 2.46. The maximum Gasteiger partial charge on any atom is 0.305 e. The van der Waals surface area contributed by atoms with Crippen LogP contribution in [-0.2, 0) is 9.59 Å². The molecule has 94 valence electrons. The molecule has 1 amide bonds. The molecule has 1 aromatic rings. The molecule has 0 spiro atoms. The summed E-state index contributed by atoms with van der Waals surface area (Å²) in [6, 6.07) is 6.73. The summed E-state index contributed by atoms with van der Waals surface area (Å²) in [4.78, 5) is 28.4. The van der Waals surface area contributed by atoms with Gasteiger partial charge in [0.25, 0.3) is 5.91 Å². The first kappa shape index (κ1) is 12.3. The van der Waals surface area contributed by atoms with Crippen LogP contribution in [0.1, 0.15) is 18.9 Å². The first-order chi connectivity index (χ1) is 8.63. The van der Waals surface area contributed by atoms with Crippen molar-refractivity contribution < 1.29 is 14.7 Å². The number of carbonyl (C=O) groups excluding carboxylic acids is 1. The summed E-state index contributed by atoms with van der Waals surface area (Å²) in [7, 11) is 0. The number of benzodiazepines with no additional fused rings is 1. The third-order valence-corrected chi connectivity index (χ3v) is 2.95. The van der Waals surface area contributed by atoms with Crippen molar-refractivity contribution in [1.29, 1.82) is 0 Å². The zero-order chi connectivity index (χ0) is 13.1. The minimum atomic E-state index is -0.999. The van der Waals surface area contributed by atoms with E-state index >= 15 is 0 Å². The van der Waals surface area contributed by atoms with Gasteiger partial charge in [-0.1, -0.05) is 18.2 Å². The Hall–Kier alpha value is -2.17. The van der Waals surface area contributed by atoms with Crippen molar-refractivity contribution in [1.82, 2.24) is 0 Å². The number of hydrogen-bond acceptors (Lipinski definition) is 3. The maximum absolute atomic E-state index is 11.9.